The van der Waals surface area contributed by atoms with Crippen molar-refractivity contribution in [3.05, 3.63) is 72.4 Å². The monoisotopic (exact) mass is 474 g/mol. The van der Waals surface area contributed by atoms with Crippen LogP contribution in [0, 0.1) is 6.92 Å². The minimum Gasteiger partial charge on any atom is -0.440 e. The van der Waals surface area contributed by atoms with Gasteiger partial charge >= 0.3 is 0 Å². The van der Waals surface area contributed by atoms with E-state index in [0.29, 0.717) is 43.4 Å². The lowest BCUT2D eigenvalue weighted by molar-refractivity contribution is 0.363. The third-order valence-corrected chi connectivity index (χ3v) is 7.98. The fourth-order valence-corrected chi connectivity index (χ4v) is 5.76. The van der Waals surface area contributed by atoms with Crippen LogP contribution in [0.15, 0.2) is 76.2 Å². The Morgan fingerprint density at radius 3 is 2.29 bits per heavy atom. The zero-order valence-electron chi connectivity index (χ0n) is 18.5. The Hall–Kier alpha value is -3.76. The van der Waals surface area contributed by atoms with Gasteiger partial charge in [0, 0.05) is 42.6 Å². The highest BCUT2D eigenvalue weighted by atomic mass is 32.2. The van der Waals surface area contributed by atoms with Crippen molar-refractivity contribution in [2.75, 3.05) is 31.1 Å². The highest BCUT2D eigenvalue weighted by Crippen LogP contribution is 2.29. The van der Waals surface area contributed by atoms with Crippen LogP contribution < -0.4 is 4.90 Å². The molecule has 0 unspecified atom stereocenters. The molecule has 0 saturated carbocycles. The molecule has 0 bridgehead atoms. The first-order valence-corrected chi connectivity index (χ1v) is 12.5. The lowest BCUT2D eigenvalue weighted by Crippen LogP contribution is -2.48. The van der Waals surface area contributed by atoms with Crippen molar-refractivity contribution in [2.24, 2.45) is 0 Å². The average Bonchev–Trinajstić information content (AvgIpc) is 3.53. The molecule has 0 radical (unpaired) electrons. The summed E-state index contributed by atoms with van der Waals surface area (Å²) < 4.78 is 35.4. The summed E-state index contributed by atoms with van der Waals surface area (Å²) in [6, 6.07) is 20.9. The number of aryl methyl sites for hydroxylation is 1. The smallest absolute Gasteiger partial charge is 0.276 e. The van der Waals surface area contributed by atoms with E-state index in [-0.39, 0.29) is 5.09 Å². The first-order chi connectivity index (χ1) is 16.5. The predicted molar refractivity (Wildman–Crippen MR) is 128 cm³/mol. The maximum absolute atomic E-state index is 13.3. The van der Waals surface area contributed by atoms with Crippen LogP contribution in [0.4, 0.5) is 5.69 Å². The number of piperazine rings is 1. The highest BCUT2D eigenvalue weighted by Gasteiger charge is 2.31. The molecule has 10 heteroatoms. The largest absolute Gasteiger partial charge is 0.440 e. The molecule has 0 amide bonds. The van der Waals surface area contributed by atoms with Crippen LogP contribution in [-0.2, 0) is 10.0 Å². The fourth-order valence-electron chi connectivity index (χ4n) is 4.43. The molecule has 0 spiro atoms. The zero-order valence-corrected chi connectivity index (χ0v) is 19.3. The molecular weight excluding hydrogens is 452 g/mol. The van der Waals surface area contributed by atoms with Gasteiger partial charge in [-0.1, -0.05) is 42.5 Å². The van der Waals surface area contributed by atoms with Gasteiger partial charge in [-0.2, -0.15) is 13.9 Å². The quantitative estimate of drug-likeness (QED) is 0.394. The number of para-hydroxylation sites is 1. The minimum atomic E-state index is -3.77. The van der Waals surface area contributed by atoms with E-state index in [2.05, 4.69) is 20.2 Å². The molecular formula is C24H22N6O3S. The lowest BCUT2D eigenvalue weighted by Gasteiger charge is -2.34. The molecule has 1 aliphatic rings. The lowest BCUT2D eigenvalue weighted by atomic mass is 10.1. The summed E-state index contributed by atoms with van der Waals surface area (Å²) in [5.74, 6) is 0.662. The van der Waals surface area contributed by atoms with Crippen molar-refractivity contribution < 1.29 is 12.8 Å². The number of rotatable bonds is 4. The third-order valence-electron chi connectivity index (χ3n) is 6.20. The Balaban J connectivity index is 1.29. The van der Waals surface area contributed by atoms with Crippen molar-refractivity contribution in [1.82, 2.24) is 24.1 Å². The second kappa shape index (κ2) is 7.93. The maximum atomic E-state index is 13.3. The SMILES string of the molecule is Cc1nn2c(-c3ccc(S(=O)(=O)N4CCN(c5ccccc5)CC4)o3)nnc2c2ccccc12. The number of hydrogen-bond acceptors (Lipinski definition) is 7. The van der Waals surface area contributed by atoms with Gasteiger partial charge in [-0.25, -0.2) is 8.42 Å². The number of nitrogens with zero attached hydrogens (tertiary/aromatic N) is 6. The van der Waals surface area contributed by atoms with E-state index in [1.807, 2.05) is 61.5 Å². The Kier molecular flexibility index (Phi) is 4.85. The molecule has 4 heterocycles. The van der Waals surface area contributed by atoms with E-state index < -0.39 is 10.0 Å². The molecule has 0 atom stereocenters. The normalized spacial score (nSPS) is 15.4. The second-order valence-corrected chi connectivity index (χ2v) is 10.1. The number of furan rings is 1. The first kappa shape index (κ1) is 20.8. The molecule has 6 rings (SSSR count). The van der Waals surface area contributed by atoms with Crippen LogP contribution in [0.3, 0.4) is 0 Å². The van der Waals surface area contributed by atoms with Gasteiger partial charge in [-0.3, -0.25) is 0 Å². The van der Waals surface area contributed by atoms with Crippen LogP contribution >= 0.6 is 0 Å². The van der Waals surface area contributed by atoms with E-state index in [1.165, 1.54) is 10.4 Å². The number of hydrogen-bond donors (Lipinski definition) is 0. The van der Waals surface area contributed by atoms with Crippen LogP contribution in [0.2, 0.25) is 0 Å². The summed E-state index contributed by atoms with van der Waals surface area (Å²) in [7, 11) is -3.77. The van der Waals surface area contributed by atoms with Gasteiger partial charge in [0.2, 0.25) is 10.9 Å². The Labute approximate surface area is 196 Å². The van der Waals surface area contributed by atoms with Gasteiger partial charge in [-0.15, -0.1) is 10.2 Å². The van der Waals surface area contributed by atoms with E-state index in [9.17, 15) is 8.42 Å². The van der Waals surface area contributed by atoms with Crippen molar-refractivity contribution in [2.45, 2.75) is 12.0 Å². The first-order valence-electron chi connectivity index (χ1n) is 11.0. The Morgan fingerprint density at radius 2 is 1.53 bits per heavy atom. The number of fused-ring (bicyclic) bond motifs is 3. The molecule has 172 valence electrons. The highest BCUT2D eigenvalue weighted by molar-refractivity contribution is 7.89. The van der Waals surface area contributed by atoms with Crippen molar-refractivity contribution in [3.63, 3.8) is 0 Å². The van der Waals surface area contributed by atoms with Gasteiger partial charge < -0.3 is 9.32 Å². The van der Waals surface area contributed by atoms with E-state index in [1.54, 1.807) is 10.6 Å². The molecule has 5 aromatic rings. The summed E-state index contributed by atoms with van der Waals surface area (Å²) in [4.78, 5) is 2.18. The standard InChI is InChI=1S/C24H22N6O3S/c1-17-19-9-5-6-10-20(19)23-25-26-24(30(23)27-17)21-11-12-22(33-21)34(31,32)29-15-13-28(14-16-29)18-7-3-2-4-8-18/h2-12H,13-16H2,1H3. The number of benzene rings is 2. The van der Waals surface area contributed by atoms with Crippen molar-refractivity contribution in [3.8, 4) is 11.6 Å². The second-order valence-electron chi connectivity index (χ2n) is 8.24. The van der Waals surface area contributed by atoms with Crippen molar-refractivity contribution >= 4 is 32.1 Å². The molecule has 1 saturated heterocycles. The molecule has 34 heavy (non-hydrogen) atoms. The summed E-state index contributed by atoms with van der Waals surface area (Å²) in [5, 5.41) is 14.9. The minimum absolute atomic E-state index is 0.107. The van der Waals surface area contributed by atoms with E-state index in [0.717, 1.165) is 22.2 Å². The molecule has 3 aromatic heterocycles. The van der Waals surface area contributed by atoms with E-state index in [4.69, 9.17) is 4.42 Å². The topological polar surface area (TPSA) is 96.8 Å². The predicted octanol–water partition coefficient (Wildman–Crippen LogP) is 3.36. The number of anilines is 1. The summed E-state index contributed by atoms with van der Waals surface area (Å²) in [6.07, 6.45) is 0. The maximum Gasteiger partial charge on any atom is 0.276 e. The summed E-state index contributed by atoms with van der Waals surface area (Å²) >= 11 is 0. The van der Waals surface area contributed by atoms with Gasteiger partial charge in [0.15, 0.2) is 11.4 Å². The average molecular weight is 475 g/mol. The van der Waals surface area contributed by atoms with Gasteiger partial charge in [-0.05, 0) is 31.2 Å². The van der Waals surface area contributed by atoms with Crippen LogP contribution in [-0.4, -0.2) is 58.7 Å². The summed E-state index contributed by atoms with van der Waals surface area (Å²) in [5.41, 5.74) is 2.50. The van der Waals surface area contributed by atoms with Crippen LogP contribution in [0.1, 0.15) is 5.69 Å². The third kappa shape index (κ3) is 3.34. The fraction of sp³-hybridized carbons (Fsp3) is 0.208. The summed E-state index contributed by atoms with van der Waals surface area (Å²) in [6.45, 7) is 3.91. The zero-order chi connectivity index (χ0) is 23.3. The van der Waals surface area contributed by atoms with Gasteiger partial charge in [0.1, 0.15) is 0 Å². The Morgan fingerprint density at radius 1 is 0.824 bits per heavy atom. The molecule has 9 nitrogen and oxygen atoms in total. The molecule has 0 aliphatic carbocycles. The molecule has 1 fully saturated rings. The molecule has 0 N–H and O–H groups in total. The Bertz CT molecular complexity index is 1600. The van der Waals surface area contributed by atoms with Crippen molar-refractivity contribution in [1.29, 1.82) is 0 Å². The van der Waals surface area contributed by atoms with Crippen LogP contribution in [0.5, 0.6) is 0 Å². The van der Waals surface area contributed by atoms with Gasteiger partial charge in [0.25, 0.3) is 10.0 Å². The number of aromatic nitrogens is 4. The van der Waals surface area contributed by atoms with E-state index >= 15 is 0 Å². The van der Waals surface area contributed by atoms with Crippen LogP contribution in [0.25, 0.3) is 28.0 Å². The molecule has 2 aromatic carbocycles. The molecule has 1 aliphatic heterocycles. The number of sulfonamides is 1. The van der Waals surface area contributed by atoms with Gasteiger partial charge in [0.05, 0.1) is 5.69 Å².